The fourth-order valence-corrected chi connectivity index (χ4v) is 2.70. The van der Waals surface area contributed by atoms with Crippen LogP contribution in [0.15, 0.2) is 23.6 Å². The lowest BCUT2D eigenvalue weighted by Gasteiger charge is -2.06. The zero-order valence-electron chi connectivity index (χ0n) is 9.87. The quantitative estimate of drug-likeness (QED) is 0.784. The first-order valence-corrected chi connectivity index (χ1v) is 6.81. The van der Waals surface area contributed by atoms with Crippen LogP contribution >= 0.6 is 22.9 Å². The van der Waals surface area contributed by atoms with Crippen LogP contribution in [0.1, 0.15) is 11.3 Å². The summed E-state index contributed by atoms with van der Waals surface area (Å²) in [6, 6.07) is 6.12. The molecule has 1 aromatic carbocycles. The fourth-order valence-electron chi connectivity index (χ4n) is 1.63. The van der Waals surface area contributed by atoms with Gasteiger partial charge in [0.1, 0.15) is 10.8 Å². The van der Waals surface area contributed by atoms with E-state index in [2.05, 4.69) is 23.4 Å². The lowest BCUT2D eigenvalue weighted by molar-refractivity contribution is 0.416. The van der Waals surface area contributed by atoms with Crippen LogP contribution in [0.3, 0.4) is 0 Å². The number of nitrogens with zero attached hydrogens (tertiary/aromatic N) is 1. The third kappa shape index (κ3) is 2.79. The van der Waals surface area contributed by atoms with E-state index in [0.717, 1.165) is 28.4 Å². The first-order chi connectivity index (χ1) is 8.24. The molecule has 0 aliphatic rings. The molecule has 0 aliphatic heterocycles. The van der Waals surface area contributed by atoms with Crippen LogP contribution < -0.4 is 4.74 Å². The van der Waals surface area contributed by atoms with E-state index in [9.17, 15) is 0 Å². The molecule has 0 unspecified atom stereocenters. The highest BCUT2D eigenvalue weighted by Gasteiger charge is 2.10. The number of rotatable bonds is 4. The Kier molecular flexibility index (Phi) is 4.02. The highest BCUT2D eigenvalue weighted by molar-refractivity contribution is 7.13. The monoisotopic (exact) mass is 267 g/mol. The van der Waals surface area contributed by atoms with Gasteiger partial charge in [-0.15, -0.1) is 22.9 Å². The van der Waals surface area contributed by atoms with Gasteiger partial charge in [-0.05, 0) is 19.1 Å². The average molecular weight is 268 g/mol. The molecule has 0 saturated carbocycles. The van der Waals surface area contributed by atoms with Crippen molar-refractivity contribution in [3.63, 3.8) is 0 Å². The van der Waals surface area contributed by atoms with Gasteiger partial charge in [0.2, 0.25) is 0 Å². The van der Waals surface area contributed by atoms with E-state index in [4.69, 9.17) is 16.3 Å². The van der Waals surface area contributed by atoms with Crippen molar-refractivity contribution < 1.29 is 4.74 Å². The SMILES string of the molecule is COc1ccc(C)cc1-c1nc(CCCl)cs1. The first-order valence-electron chi connectivity index (χ1n) is 5.40. The Morgan fingerprint density at radius 2 is 2.24 bits per heavy atom. The van der Waals surface area contributed by atoms with Crippen molar-refractivity contribution in [3.05, 3.63) is 34.8 Å². The molecule has 0 N–H and O–H groups in total. The molecule has 0 amide bonds. The Hall–Kier alpha value is -1.06. The van der Waals surface area contributed by atoms with E-state index in [1.165, 1.54) is 5.56 Å². The number of aryl methyl sites for hydroxylation is 2. The average Bonchev–Trinajstić information content (AvgIpc) is 2.78. The van der Waals surface area contributed by atoms with E-state index in [0.29, 0.717) is 5.88 Å². The van der Waals surface area contributed by atoms with Gasteiger partial charge in [-0.1, -0.05) is 11.6 Å². The molecule has 0 atom stereocenters. The summed E-state index contributed by atoms with van der Waals surface area (Å²) in [6.45, 7) is 2.07. The molecular formula is C13H14ClNOS. The summed E-state index contributed by atoms with van der Waals surface area (Å²) in [5.74, 6) is 1.47. The minimum atomic E-state index is 0.605. The van der Waals surface area contributed by atoms with Gasteiger partial charge in [0.15, 0.2) is 0 Å². The molecule has 0 spiro atoms. The van der Waals surface area contributed by atoms with Gasteiger partial charge >= 0.3 is 0 Å². The molecule has 2 nitrogen and oxygen atoms in total. The lowest BCUT2D eigenvalue weighted by atomic mass is 10.1. The Labute approximate surface area is 110 Å². The van der Waals surface area contributed by atoms with Crippen molar-refractivity contribution in [2.24, 2.45) is 0 Å². The van der Waals surface area contributed by atoms with Gasteiger partial charge < -0.3 is 4.74 Å². The molecule has 0 aliphatic carbocycles. The van der Waals surface area contributed by atoms with Crippen LogP contribution in [-0.2, 0) is 6.42 Å². The van der Waals surface area contributed by atoms with Crippen LogP contribution in [0.5, 0.6) is 5.75 Å². The molecule has 17 heavy (non-hydrogen) atoms. The van der Waals surface area contributed by atoms with Gasteiger partial charge in [0, 0.05) is 17.7 Å². The van der Waals surface area contributed by atoms with Crippen molar-refractivity contribution in [1.29, 1.82) is 0 Å². The molecule has 0 bridgehead atoms. The Morgan fingerprint density at radius 1 is 1.41 bits per heavy atom. The maximum Gasteiger partial charge on any atom is 0.129 e. The zero-order chi connectivity index (χ0) is 12.3. The van der Waals surface area contributed by atoms with E-state index in [1.807, 2.05) is 12.1 Å². The number of thiazole rings is 1. The van der Waals surface area contributed by atoms with E-state index < -0.39 is 0 Å². The minimum absolute atomic E-state index is 0.605. The second kappa shape index (κ2) is 5.52. The van der Waals surface area contributed by atoms with Gasteiger partial charge in [0.05, 0.1) is 18.4 Å². The van der Waals surface area contributed by atoms with Crippen LogP contribution in [0, 0.1) is 6.92 Å². The number of aromatic nitrogens is 1. The molecule has 0 saturated heterocycles. The molecule has 2 rings (SSSR count). The second-order valence-electron chi connectivity index (χ2n) is 3.79. The molecule has 1 heterocycles. The van der Waals surface area contributed by atoms with E-state index >= 15 is 0 Å². The van der Waals surface area contributed by atoms with Gasteiger partial charge in [0.25, 0.3) is 0 Å². The third-order valence-electron chi connectivity index (χ3n) is 2.49. The van der Waals surface area contributed by atoms with Crippen molar-refractivity contribution in [2.45, 2.75) is 13.3 Å². The van der Waals surface area contributed by atoms with Crippen molar-refractivity contribution in [3.8, 4) is 16.3 Å². The second-order valence-corrected chi connectivity index (χ2v) is 5.02. The largest absolute Gasteiger partial charge is 0.496 e. The number of ether oxygens (including phenoxy) is 1. The first kappa shape index (κ1) is 12.4. The van der Waals surface area contributed by atoms with Crippen molar-refractivity contribution in [2.75, 3.05) is 13.0 Å². The lowest BCUT2D eigenvalue weighted by Crippen LogP contribution is -1.90. The molecule has 2 aromatic rings. The van der Waals surface area contributed by atoms with Crippen molar-refractivity contribution >= 4 is 22.9 Å². The number of hydrogen-bond acceptors (Lipinski definition) is 3. The standard InChI is InChI=1S/C13H14ClNOS/c1-9-3-4-12(16-2)11(7-9)13-15-10(5-6-14)8-17-13/h3-4,7-8H,5-6H2,1-2H3. The van der Waals surface area contributed by atoms with Gasteiger partial charge in [-0.2, -0.15) is 0 Å². The summed E-state index contributed by atoms with van der Waals surface area (Å²) in [5.41, 5.74) is 3.30. The Morgan fingerprint density at radius 3 is 2.94 bits per heavy atom. The molecule has 90 valence electrons. The predicted octanol–water partition coefficient (Wildman–Crippen LogP) is 3.91. The van der Waals surface area contributed by atoms with Gasteiger partial charge in [-0.3, -0.25) is 0 Å². The molecule has 0 radical (unpaired) electrons. The minimum Gasteiger partial charge on any atom is -0.496 e. The number of methoxy groups -OCH3 is 1. The molecule has 0 fully saturated rings. The third-order valence-corrected chi connectivity index (χ3v) is 3.60. The number of benzene rings is 1. The van der Waals surface area contributed by atoms with E-state index in [1.54, 1.807) is 18.4 Å². The van der Waals surface area contributed by atoms with Crippen LogP contribution in [0.4, 0.5) is 0 Å². The molecule has 4 heteroatoms. The summed E-state index contributed by atoms with van der Waals surface area (Å²) >= 11 is 7.35. The fraction of sp³-hybridized carbons (Fsp3) is 0.308. The van der Waals surface area contributed by atoms with Crippen molar-refractivity contribution in [1.82, 2.24) is 4.98 Å². The molecule has 1 aromatic heterocycles. The zero-order valence-corrected chi connectivity index (χ0v) is 11.4. The maximum atomic E-state index is 5.72. The summed E-state index contributed by atoms with van der Waals surface area (Å²) in [5, 5.41) is 3.05. The summed E-state index contributed by atoms with van der Waals surface area (Å²) in [7, 11) is 1.68. The Bertz CT molecular complexity index is 510. The smallest absolute Gasteiger partial charge is 0.129 e. The topological polar surface area (TPSA) is 22.1 Å². The van der Waals surface area contributed by atoms with Gasteiger partial charge in [-0.25, -0.2) is 4.98 Å². The Balaban J connectivity index is 2.40. The summed E-state index contributed by atoms with van der Waals surface area (Å²) in [4.78, 5) is 4.57. The number of hydrogen-bond donors (Lipinski definition) is 0. The molecular weight excluding hydrogens is 254 g/mol. The summed E-state index contributed by atoms with van der Waals surface area (Å²) < 4.78 is 5.36. The number of alkyl halides is 1. The predicted molar refractivity (Wildman–Crippen MR) is 73.3 cm³/mol. The van der Waals surface area contributed by atoms with Crippen LogP contribution in [-0.4, -0.2) is 18.0 Å². The van der Waals surface area contributed by atoms with E-state index in [-0.39, 0.29) is 0 Å². The summed E-state index contributed by atoms with van der Waals surface area (Å²) in [6.07, 6.45) is 0.812. The normalized spacial score (nSPS) is 10.5. The highest BCUT2D eigenvalue weighted by Crippen LogP contribution is 2.33. The van der Waals surface area contributed by atoms with Crippen LogP contribution in [0.2, 0.25) is 0 Å². The van der Waals surface area contributed by atoms with Crippen LogP contribution in [0.25, 0.3) is 10.6 Å². The maximum absolute atomic E-state index is 5.72. The number of halogens is 1. The highest BCUT2D eigenvalue weighted by atomic mass is 35.5.